The number of rotatable bonds is 6. The maximum atomic E-state index is 13.1. The quantitative estimate of drug-likeness (QED) is 0.678. The maximum Gasteiger partial charge on any atom is 0.174 e. The van der Waals surface area contributed by atoms with Gasteiger partial charge in [0.15, 0.2) is 23.4 Å². The average molecular weight is 461 g/mol. The van der Waals surface area contributed by atoms with Gasteiger partial charge in [-0.1, -0.05) is 11.3 Å². The molecule has 2 saturated carbocycles. The molecule has 32 heavy (non-hydrogen) atoms. The third-order valence-corrected chi connectivity index (χ3v) is 8.12. The Morgan fingerprint density at radius 3 is 2.88 bits per heavy atom. The van der Waals surface area contributed by atoms with Gasteiger partial charge in [0.05, 0.1) is 17.2 Å². The first-order valence-corrected chi connectivity index (χ1v) is 11.3. The molecule has 1 aliphatic heterocycles. The number of carbonyl (C=O) groups excluding carboxylic acids is 1. The first-order valence-electron chi connectivity index (χ1n) is 11.3. The van der Waals surface area contributed by atoms with Gasteiger partial charge >= 0.3 is 0 Å². The van der Waals surface area contributed by atoms with Crippen molar-refractivity contribution in [1.82, 2.24) is 19.9 Å². The fourth-order valence-electron chi connectivity index (χ4n) is 6.50. The molecule has 0 spiro atoms. The van der Waals surface area contributed by atoms with Gasteiger partial charge in [-0.2, -0.15) is 0 Å². The summed E-state index contributed by atoms with van der Waals surface area (Å²) in [5.41, 5.74) is -0.176. The summed E-state index contributed by atoms with van der Waals surface area (Å²) in [6.07, 6.45) is 6.95. The van der Waals surface area contributed by atoms with Crippen LogP contribution in [0.2, 0.25) is 0 Å². The van der Waals surface area contributed by atoms with E-state index in [1.54, 1.807) is 23.1 Å². The number of phenols is 1. The Bertz CT molecular complexity index is 1040. The summed E-state index contributed by atoms with van der Waals surface area (Å²) >= 11 is 0. The van der Waals surface area contributed by atoms with E-state index in [9.17, 15) is 15.0 Å². The van der Waals surface area contributed by atoms with Gasteiger partial charge in [0.1, 0.15) is 0 Å². The highest BCUT2D eigenvalue weighted by molar-refractivity contribution is 5.89. The van der Waals surface area contributed by atoms with Gasteiger partial charge in [-0.3, -0.25) is 14.4 Å². The fraction of sp³-hybridized carbons (Fsp3) is 0.609. The van der Waals surface area contributed by atoms with E-state index in [-0.39, 0.29) is 36.4 Å². The van der Waals surface area contributed by atoms with Crippen molar-refractivity contribution in [3.8, 4) is 11.5 Å². The van der Waals surface area contributed by atoms with Crippen molar-refractivity contribution in [2.45, 2.75) is 68.2 Å². The van der Waals surface area contributed by atoms with E-state index >= 15 is 0 Å². The van der Waals surface area contributed by atoms with Crippen LogP contribution in [0.4, 0.5) is 0 Å². The van der Waals surface area contributed by atoms with Crippen LogP contribution in [0, 0.1) is 5.92 Å². The number of phenolic OH excluding ortho intramolecular Hbond substituents is 1. The number of Topliss-reactive ketones (excluding diaryl/α,β-unsaturated/α-hetero) is 1. The van der Waals surface area contributed by atoms with E-state index < -0.39 is 17.1 Å². The number of carbonyl (C=O) groups is 1. The van der Waals surface area contributed by atoms with E-state index in [1.165, 1.54) is 12.8 Å². The lowest BCUT2D eigenvalue weighted by atomic mass is 9.50. The topological polar surface area (TPSA) is 101 Å². The molecule has 3 aliphatic carbocycles. The summed E-state index contributed by atoms with van der Waals surface area (Å²) in [5.74, 6) is 1.10. The van der Waals surface area contributed by atoms with Gasteiger partial charge < -0.3 is 14.9 Å². The largest absolute Gasteiger partial charge is 0.504 e. The number of aliphatic hydroxyl groups is 1. The van der Waals surface area contributed by atoms with Crippen molar-refractivity contribution in [2.75, 3.05) is 13.6 Å². The molecule has 4 aliphatic rings. The number of halogens is 1. The second-order valence-corrected chi connectivity index (χ2v) is 9.83. The zero-order valence-electron chi connectivity index (χ0n) is 18.1. The molecule has 1 aromatic carbocycles. The molecule has 2 aromatic rings. The van der Waals surface area contributed by atoms with Crippen LogP contribution in [0.15, 0.2) is 24.5 Å². The highest BCUT2D eigenvalue weighted by Gasteiger charge is 2.71. The highest BCUT2D eigenvalue weighted by atomic mass is 35.5. The van der Waals surface area contributed by atoms with Gasteiger partial charge in [-0.05, 0) is 56.7 Å². The van der Waals surface area contributed by atoms with E-state index in [1.807, 2.05) is 6.07 Å². The maximum absolute atomic E-state index is 13.1. The van der Waals surface area contributed by atoms with Crippen molar-refractivity contribution in [3.63, 3.8) is 0 Å². The van der Waals surface area contributed by atoms with Crippen LogP contribution in [-0.2, 0) is 23.2 Å². The summed E-state index contributed by atoms with van der Waals surface area (Å²) in [4.78, 5) is 15.4. The molecular formula is C23H29ClN4O4. The number of aromatic nitrogens is 3. The van der Waals surface area contributed by atoms with Crippen molar-refractivity contribution in [1.29, 1.82) is 0 Å². The number of hydrogen-bond acceptors (Lipinski definition) is 7. The number of likely N-dealkylation sites (N-methyl/N-ethyl adjacent to an activating group) is 1. The standard InChI is InChI=1S/C23H28N4O4.ClH/c1-26(13-14-2-3-14)18-12-15-4-5-16(28)20-19(15)22(8-10-27-11-9-24-25-27)21(31-20)17(29)6-7-23(18,22)30;/h4-5,9,11,14,18,21,28,30H,2-3,6-8,10,12-13H2,1H3;1H/t18?,21-,22-,23+;/m0./s1. The zero-order valence-corrected chi connectivity index (χ0v) is 18.9. The average Bonchev–Trinajstić information content (AvgIpc) is 3.25. The van der Waals surface area contributed by atoms with Gasteiger partial charge in [-0.25, -0.2) is 0 Å². The molecule has 4 atom stereocenters. The van der Waals surface area contributed by atoms with E-state index in [2.05, 4.69) is 22.3 Å². The molecule has 8 nitrogen and oxygen atoms in total. The number of ether oxygens (including phenoxy) is 1. The minimum absolute atomic E-state index is 0. The molecule has 6 rings (SSSR count). The minimum Gasteiger partial charge on any atom is -0.504 e. The lowest BCUT2D eigenvalue weighted by Crippen LogP contribution is -2.73. The Balaban J connectivity index is 0.00000216. The van der Waals surface area contributed by atoms with Crippen LogP contribution in [-0.4, -0.2) is 67.2 Å². The second kappa shape index (κ2) is 7.43. The summed E-state index contributed by atoms with van der Waals surface area (Å²) in [7, 11) is 2.10. The number of aromatic hydroxyl groups is 1. The highest BCUT2D eigenvalue weighted by Crippen LogP contribution is 2.63. The molecular weight excluding hydrogens is 432 g/mol. The Labute approximate surface area is 193 Å². The Hall–Kier alpha value is -2.16. The Morgan fingerprint density at radius 1 is 1.34 bits per heavy atom. The van der Waals surface area contributed by atoms with Crippen molar-refractivity contribution < 1.29 is 19.7 Å². The molecule has 1 unspecified atom stereocenters. The molecule has 0 saturated heterocycles. The van der Waals surface area contributed by atoms with E-state index in [4.69, 9.17) is 4.74 Å². The van der Waals surface area contributed by atoms with Crippen LogP contribution in [0.1, 0.15) is 43.2 Å². The van der Waals surface area contributed by atoms with Crippen LogP contribution in [0.25, 0.3) is 0 Å². The monoisotopic (exact) mass is 460 g/mol. The van der Waals surface area contributed by atoms with E-state index in [0.717, 1.165) is 17.7 Å². The molecule has 2 fully saturated rings. The summed E-state index contributed by atoms with van der Waals surface area (Å²) in [6, 6.07) is 3.48. The minimum atomic E-state index is -1.14. The molecule has 2 N–H and O–H groups in total. The number of benzene rings is 1. The molecule has 9 heteroatoms. The number of nitrogens with zero attached hydrogens (tertiary/aromatic N) is 4. The SMILES string of the molecule is CN(CC1CC1)C1Cc2ccc(O)c3c2[C@@]2(CCn4ccnn4)[C@@H](O3)C(=O)CC[C@@]12O.Cl. The van der Waals surface area contributed by atoms with Gasteiger partial charge in [0.2, 0.25) is 0 Å². The molecule has 172 valence electrons. The summed E-state index contributed by atoms with van der Waals surface area (Å²) in [6.45, 7) is 1.45. The van der Waals surface area contributed by atoms with Crippen LogP contribution in [0.5, 0.6) is 11.5 Å². The third kappa shape index (κ3) is 2.85. The number of aryl methyl sites for hydroxylation is 1. The van der Waals surface area contributed by atoms with E-state index in [0.29, 0.717) is 37.5 Å². The zero-order chi connectivity index (χ0) is 21.4. The Kier molecular flexibility index (Phi) is 5.03. The first-order chi connectivity index (χ1) is 14.9. The number of hydrogen-bond donors (Lipinski definition) is 2. The number of ketones is 1. The van der Waals surface area contributed by atoms with Crippen molar-refractivity contribution in [2.24, 2.45) is 5.92 Å². The smallest absolute Gasteiger partial charge is 0.174 e. The van der Waals surface area contributed by atoms with Crippen LogP contribution < -0.4 is 4.74 Å². The normalized spacial score (nSPS) is 32.4. The van der Waals surface area contributed by atoms with Gasteiger partial charge in [-0.15, -0.1) is 17.5 Å². The molecule has 2 heterocycles. The summed E-state index contributed by atoms with van der Waals surface area (Å²) in [5, 5.41) is 31.1. The van der Waals surface area contributed by atoms with Crippen LogP contribution in [0.3, 0.4) is 0 Å². The Morgan fingerprint density at radius 2 is 2.16 bits per heavy atom. The second-order valence-electron chi connectivity index (χ2n) is 9.83. The van der Waals surface area contributed by atoms with Gasteiger partial charge in [0, 0.05) is 37.3 Å². The lowest BCUT2D eigenvalue weighted by Gasteiger charge is -2.58. The lowest BCUT2D eigenvalue weighted by molar-refractivity contribution is -0.170. The predicted molar refractivity (Wildman–Crippen MR) is 118 cm³/mol. The molecule has 0 radical (unpaired) electrons. The van der Waals surface area contributed by atoms with Crippen molar-refractivity contribution in [3.05, 3.63) is 35.7 Å². The van der Waals surface area contributed by atoms with Crippen molar-refractivity contribution >= 4 is 18.2 Å². The van der Waals surface area contributed by atoms with Crippen LogP contribution >= 0.6 is 12.4 Å². The molecule has 0 amide bonds. The fourth-order valence-corrected chi connectivity index (χ4v) is 6.50. The third-order valence-electron chi connectivity index (χ3n) is 8.12. The molecule has 1 aromatic heterocycles. The molecule has 0 bridgehead atoms. The van der Waals surface area contributed by atoms with Gasteiger partial charge in [0.25, 0.3) is 0 Å². The summed E-state index contributed by atoms with van der Waals surface area (Å²) < 4.78 is 7.91. The predicted octanol–water partition coefficient (Wildman–Crippen LogP) is 1.86. The first kappa shape index (κ1) is 21.7.